The van der Waals surface area contributed by atoms with Gasteiger partial charge in [-0.25, -0.2) is 4.39 Å². The monoisotopic (exact) mass is 554 g/mol. The molecule has 3 aromatic carbocycles. The number of carbonyl (C=O) groups excluding carboxylic acids is 3. The molecule has 196 valence electrons. The Morgan fingerprint density at radius 3 is 2.61 bits per heavy atom. The number of nitrogens with zero attached hydrogens (tertiary/aromatic N) is 1. The molecule has 38 heavy (non-hydrogen) atoms. The van der Waals surface area contributed by atoms with Crippen molar-refractivity contribution in [3.05, 3.63) is 92.6 Å². The number of ether oxygens (including phenoxy) is 2. The molecule has 0 aromatic heterocycles. The number of methoxy groups -OCH3 is 1. The number of aryl methyl sites for hydroxylation is 1. The summed E-state index contributed by atoms with van der Waals surface area (Å²) in [6.07, 6.45) is 1.54. The third-order valence-electron chi connectivity index (χ3n) is 5.97. The Kier molecular flexibility index (Phi) is 8.38. The van der Waals surface area contributed by atoms with Gasteiger partial charge in [0.05, 0.1) is 18.6 Å². The zero-order valence-electron chi connectivity index (χ0n) is 20.8. The molecular weight excluding hydrogens is 531 g/mol. The number of imide groups is 1. The largest absolute Gasteiger partial charge is 0.493 e. The zero-order valence-corrected chi connectivity index (χ0v) is 22.4. The maximum Gasteiger partial charge on any atom is 0.293 e. The summed E-state index contributed by atoms with van der Waals surface area (Å²) < 4.78 is 25.2. The smallest absolute Gasteiger partial charge is 0.293 e. The van der Waals surface area contributed by atoms with E-state index in [4.69, 9.17) is 21.1 Å². The molecule has 1 heterocycles. The molecule has 3 aromatic rings. The first-order valence-electron chi connectivity index (χ1n) is 11.5. The molecule has 0 bridgehead atoms. The first-order chi connectivity index (χ1) is 18.2. The molecule has 0 unspecified atom stereocenters. The van der Waals surface area contributed by atoms with E-state index >= 15 is 0 Å². The van der Waals surface area contributed by atoms with Crippen molar-refractivity contribution in [2.24, 2.45) is 0 Å². The molecule has 0 atom stereocenters. The number of benzene rings is 3. The molecule has 3 amide bonds. The van der Waals surface area contributed by atoms with Crippen LogP contribution in [0, 0.1) is 19.7 Å². The highest BCUT2D eigenvalue weighted by Gasteiger charge is 2.36. The number of hydrogen-bond donors (Lipinski definition) is 1. The highest BCUT2D eigenvalue weighted by atomic mass is 35.5. The van der Waals surface area contributed by atoms with Gasteiger partial charge in [0.15, 0.2) is 18.1 Å². The third-order valence-corrected chi connectivity index (χ3v) is 7.24. The standard InChI is InChI=1S/C28H24ClFN2O5S/c1-16-6-4-9-22(17(16)2)31-26(33)15-37-23-11-10-18(12-24(23)36-3)13-25-27(34)32(28(35)38-25)14-19-20(29)7-5-8-21(19)30/h4-13H,14-15H2,1-3H3,(H,31,33)/b25-13-. The lowest BCUT2D eigenvalue weighted by atomic mass is 10.1. The van der Waals surface area contributed by atoms with Gasteiger partial charge in [-0.1, -0.05) is 35.9 Å². The van der Waals surface area contributed by atoms with E-state index in [2.05, 4.69) is 5.32 Å². The predicted molar refractivity (Wildman–Crippen MR) is 146 cm³/mol. The molecule has 4 rings (SSSR count). The van der Waals surface area contributed by atoms with Crippen LogP contribution in [0.25, 0.3) is 6.08 Å². The third kappa shape index (κ3) is 6.00. The van der Waals surface area contributed by atoms with Gasteiger partial charge in [0.2, 0.25) is 0 Å². The fourth-order valence-corrected chi connectivity index (χ4v) is 4.80. The Labute approximate surface area is 228 Å². The first kappa shape index (κ1) is 27.2. The number of halogens is 2. The van der Waals surface area contributed by atoms with E-state index in [-0.39, 0.29) is 34.6 Å². The van der Waals surface area contributed by atoms with E-state index in [1.807, 2.05) is 32.0 Å². The normalized spacial score (nSPS) is 14.2. The molecule has 1 aliphatic rings. The molecule has 1 N–H and O–H groups in total. The number of nitrogens with one attached hydrogen (secondary N) is 1. The Morgan fingerprint density at radius 1 is 1.11 bits per heavy atom. The maximum absolute atomic E-state index is 14.2. The molecule has 0 saturated carbocycles. The van der Waals surface area contributed by atoms with Crippen molar-refractivity contribution in [2.45, 2.75) is 20.4 Å². The summed E-state index contributed by atoms with van der Waals surface area (Å²) in [4.78, 5) is 38.9. The summed E-state index contributed by atoms with van der Waals surface area (Å²) in [5, 5.41) is 2.44. The minimum Gasteiger partial charge on any atom is -0.493 e. The van der Waals surface area contributed by atoms with Crippen LogP contribution >= 0.6 is 23.4 Å². The summed E-state index contributed by atoms with van der Waals surface area (Å²) in [7, 11) is 1.45. The van der Waals surface area contributed by atoms with Crippen molar-refractivity contribution < 1.29 is 28.2 Å². The lowest BCUT2D eigenvalue weighted by molar-refractivity contribution is -0.123. The highest BCUT2D eigenvalue weighted by Crippen LogP contribution is 2.36. The SMILES string of the molecule is COc1cc(/C=C2\SC(=O)N(Cc3c(F)cccc3Cl)C2=O)ccc1OCC(=O)Nc1cccc(C)c1C. The molecule has 0 aliphatic carbocycles. The number of anilines is 1. The summed E-state index contributed by atoms with van der Waals surface area (Å²) in [6.45, 7) is 3.39. The minimum absolute atomic E-state index is 0.0717. The number of carbonyl (C=O) groups is 3. The van der Waals surface area contributed by atoms with Crippen molar-refractivity contribution in [1.82, 2.24) is 4.90 Å². The topological polar surface area (TPSA) is 84.9 Å². The van der Waals surface area contributed by atoms with Gasteiger partial charge in [0, 0.05) is 16.3 Å². The van der Waals surface area contributed by atoms with Gasteiger partial charge in [-0.05, 0) is 78.7 Å². The van der Waals surface area contributed by atoms with Crippen LogP contribution < -0.4 is 14.8 Å². The molecular formula is C28H24ClFN2O5S. The Morgan fingerprint density at radius 2 is 1.87 bits per heavy atom. The zero-order chi connectivity index (χ0) is 27.4. The minimum atomic E-state index is -0.594. The van der Waals surface area contributed by atoms with E-state index < -0.39 is 17.0 Å². The van der Waals surface area contributed by atoms with Crippen LogP contribution in [0.3, 0.4) is 0 Å². The van der Waals surface area contributed by atoms with Crippen LogP contribution in [-0.2, 0) is 16.1 Å². The van der Waals surface area contributed by atoms with Gasteiger partial charge in [-0.15, -0.1) is 0 Å². The van der Waals surface area contributed by atoms with Crippen molar-refractivity contribution in [3.63, 3.8) is 0 Å². The number of amides is 3. The van der Waals surface area contributed by atoms with Gasteiger partial charge in [0.1, 0.15) is 5.82 Å². The molecule has 1 saturated heterocycles. The summed E-state index contributed by atoms with van der Waals surface area (Å²) in [5.41, 5.74) is 3.40. The van der Waals surface area contributed by atoms with Crippen LogP contribution in [0.1, 0.15) is 22.3 Å². The Balaban J connectivity index is 1.44. The molecule has 1 fully saturated rings. The second-order valence-electron chi connectivity index (χ2n) is 8.46. The molecule has 1 aliphatic heterocycles. The lowest BCUT2D eigenvalue weighted by Crippen LogP contribution is -2.28. The van der Waals surface area contributed by atoms with E-state index in [0.29, 0.717) is 22.7 Å². The second kappa shape index (κ2) is 11.7. The molecule has 7 nitrogen and oxygen atoms in total. The number of hydrogen-bond acceptors (Lipinski definition) is 6. The van der Waals surface area contributed by atoms with Gasteiger partial charge in [-0.3, -0.25) is 19.3 Å². The summed E-state index contributed by atoms with van der Waals surface area (Å²) in [5.74, 6) is -0.794. The fourth-order valence-electron chi connectivity index (χ4n) is 3.74. The summed E-state index contributed by atoms with van der Waals surface area (Å²) >= 11 is 6.81. The highest BCUT2D eigenvalue weighted by molar-refractivity contribution is 8.18. The van der Waals surface area contributed by atoms with Crippen molar-refractivity contribution in [3.8, 4) is 11.5 Å². The molecule has 10 heteroatoms. The van der Waals surface area contributed by atoms with Gasteiger partial charge >= 0.3 is 0 Å². The van der Waals surface area contributed by atoms with Crippen LogP contribution in [-0.4, -0.2) is 35.7 Å². The van der Waals surface area contributed by atoms with Gasteiger partial charge in [0.25, 0.3) is 17.1 Å². The molecule has 0 spiro atoms. The van der Waals surface area contributed by atoms with Gasteiger partial charge in [-0.2, -0.15) is 0 Å². The van der Waals surface area contributed by atoms with Gasteiger partial charge < -0.3 is 14.8 Å². The average Bonchev–Trinajstić information content (AvgIpc) is 3.15. The van der Waals surface area contributed by atoms with E-state index in [1.54, 1.807) is 18.2 Å². The van der Waals surface area contributed by atoms with Crippen LogP contribution in [0.5, 0.6) is 11.5 Å². The number of thioether (sulfide) groups is 1. The molecule has 0 radical (unpaired) electrons. The van der Waals surface area contributed by atoms with Crippen molar-refractivity contribution in [2.75, 3.05) is 19.0 Å². The van der Waals surface area contributed by atoms with Crippen molar-refractivity contribution >= 4 is 52.2 Å². The van der Waals surface area contributed by atoms with Crippen molar-refractivity contribution in [1.29, 1.82) is 0 Å². The van der Waals surface area contributed by atoms with Crippen LogP contribution in [0.15, 0.2) is 59.5 Å². The average molecular weight is 555 g/mol. The Hall–Kier alpha value is -3.82. The summed E-state index contributed by atoms with van der Waals surface area (Å²) in [6, 6.07) is 14.7. The Bertz CT molecular complexity index is 1440. The van der Waals surface area contributed by atoms with Crippen LogP contribution in [0.2, 0.25) is 5.02 Å². The predicted octanol–water partition coefficient (Wildman–Crippen LogP) is 6.36. The van der Waals surface area contributed by atoms with E-state index in [0.717, 1.165) is 27.8 Å². The van der Waals surface area contributed by atoms with E-state index in [9.17, 15) is 18.8 Å². The first-order valence-corrected chi connectivity index (χ1v) is 12.7. The second-order valence-corrected chi connectivity index (χ2v) is 9.86. The number of rotatable bonds is 8. The van der Waals surface area contributed by atoms with E-state index in [1.165, 1.54) is 31.4 Å². The van der Waals surface area contributed by atoms with Crippen LogP contribution in [0.4, 0.5) is 14.9 Å². The lowest BCUT2D eigenvalue weighted by Gasteiger charge is -2.14. The fraction of sp³-hybridized carbons (Fsp3) is 0.179. The maximum atomic E-state index is 14.2. The quantitative estimate of drug-likeness (QED) is 0.326.